The number of nitrogens with one attached hydrogen (secondary N) is 1. The normalized spacial score (nSPS) is 14.8. The van der Waals surface area contributed by atoms with Crippen molar-refractivity contribution in [2.75, 3.05) is 25.6 Å². The van der Waals surface area contributed by atoms with Crippen molar-refractivity contribution < 1.29 is 23.7 Å². The first-order valence-corrected chi connectivity index (χ1v) is 9.62. The zero-order chi connectivity index (χ0) is 20.3. The van der Waals surface area contributed by atoms with Crippen LogP contribution >= 0.6 is 11.6 Å². The second kappa shape index (κ2) is 8.61. The number of fused-ring (bicyclic) bond motifs is 1. The molecule has 2 aromatic rings. The molecule has 28 heavy (non-hydrogen) atoms. The average Bonchev–Trinajstić information content (AvgIpc) is 3.02. The van der Waals surface area contributed by atoms with Gasteiger partial charge in [-0.25, -0.2) is 0 Å². The zero-order valence-electron chi connectivity index (χ0n) is 16.4. The summed E-state index contributed by atoms with van der Waals surface area (Å²) in [5, 5.41) is 3.20. The van der Waals surface area contributed by atoms with Gasteiger partial charge in [0, 0.05) is 23.6 Å². The number of methoxy groups -OCH3 is 1. The summed E-state index contributed by atoms with van der Waals surface area (Å²) in [6, 6.07) is 6.87. The van der Waals surface area contributed by atoms with Crippen LogP contribution in [0.4, 0.5) is 5.69 Å². The molecule has 1 N–H and O–H groups in total. The number of rotatable bonds is 7. The first-order chi connectivity index (χ1) is 13.5. The van der Waals surface area contributed by atoms with Crippen molar-refractivity contribution in [3.8, 4) is 23.0 Å². The second-order valence-electron chi connectivity index (χ2n) is 6.40. The molecule has 150 valence electrons. The predicted octanol–water partition coefficient (Wildman–Crippen LogP) is 4.72. The minimum Gasteiger partial charge on any atom is -0.493 e. The summed E-state index contributed by atoms with van der Waals surface area (Å²) in [4.78, 5) is 12.9. The Labute approximate surface area is 169 Å². The Hall–Kier alpha value is -2.60. The number of halogens is 1. The summed E-state index contributed by atoms with van der Waals surface area (Å²) in [6.45, 7) is 6.68. The summed E-state index contributed by atoms with van der Waals surface area (Å²) in [6.07, 6.45) is 0.916. The van der Waals surface area contributed by atoms with Gasteiger partial charge in [0.05, 0.1) is 31.0 Å². The molecule has 3 rings (SSSR count). The molecule has 1 atom stereocenters. The van der Waals surface area contributed by atoms with Gasteiger partial charge in [-0.05, 0) is 39.0 Å². The van der Waals surface area contributed by atoms with E-state index in [1.807, 2.05) is 26.8 Å². The number of hydrogen-bond donors (Lipinski definition) is 1. The van der Waals surface area contributed by atoms with Crippen LogP contribution in [0.5, 0.6) is 23.0 Å². The minimum absolute atomic E-state index is 0.101. The Bertz CT molecular complexity index is 884. The molecule has 1 aliphatic heterocycles. The molecule has 7 heteroatoms. The van der Waals surface area contributed by atoms with Crippen LogP contribution in [0.15, 0.2) is 24.3 Å². The molecule has 0 saturated carbocycles. The van der Waals surface area contributed by atoms with Crippen LogP contribution in [0.25, 0.3) is 0 Å². The van der Waals surface area contributed by atoms with Crippen LogP contribution in [0.1, 0.15) is 36.7 Å². The van der Waals surface area contributed by atoms with Crippen molar-refractivity contribution in [1.29, 1.82) is 0 Å². The standard InChI is InChI=1S/C21H24ClNO5/c1-5-26-18-9-13-7-12(3)28-17(13)11-16(18)23-21(24)14-8-15(22)20(27-6-2)19(10-14)25-4/h8-12H,5-7H2,1-4H3,(H,23,24). The second-order valence-corrected chi connectivity index (χ2v) is 6.81. The van der Waals surface area contributed by atoms with Crippen molar-refractivity contribution in [2.24, 2.45) is 0 Å². The van der Waals surface area contributed by atoms with E-state index in [2.05, 4.69) is 5.32 Å². The fraction of sp³-hybridized carbons (Fsp3) is 0.381. The van der Waals surface area contributed by atoms with E-state index in [4.69, 9.17) is 30.5 Å². The summed E-state index contributed by atoms with van der Waals surface area (Å²) in [5.74, 6) is 1.84. The van der Waals surface area contributed by atoms with Crippen LogP contribution < -0.4 is 24.3 Å². The van der Waals surface area contributed by atoms with Gasteiger partial charge in [0.2, 0.25) is 0 Å². The number of ether oxygens (including phenoxy) is 4. The molecule has 2 aromatic carbocycles. The molecule has 1 amide bonds. The Kier molecular flexibility index (Phi) is 6.19. The lowest BCUT2D eigenvalue weighted by Crippen LogP contribution is -2.14. The van der Waals surface area contributed by atoms with Gasteiger partial charge < -0.3 is 24.3 Å². The first kappa shape index (κ1) is 20.1. The molecular weight excluding hydrogens is 382 g/mol. The fourth-order valence-corrected chi connectivity index (χ4v) is 3.41. The highest BCUT2D eigenvalue weighted by Crippen LogP contribution is 2.39. The smallest absolute Gasteiger partial charge is 0.255 e. The van der Waals surface area contributed by atoms with Crippen molar-refractivity contribution in [3.63, 3.8) is 0 Å². The van der Waals surface area contributed by atoms with E-state index < -0.39 is 0 Å². The van der Waals surface area contributed by atoms with Crippen molar-refractivity contribution >= 4 is 23.2 Å². The lowest BCUT2D eigenvalue weighted by atomic mass is 10.1. The van der Waals surface area contributed by atoms with E-state index in [1.54, 1.807) is 18.2 Å². The largest absolute Gasteiger partial charge is 0.493 e. The number of hydrogen-bond acceptors (Lipinski definition) is 5. The lowest BCUT2D eigenvalue weighted by molar-refractivity contribution is 0.102. The third kappa shape index (κ3) is 4.12. The van der Waals surface area contributed by atoms with Crippen LogP contribution in [-0.4, -0.2) is 32.3 Å². The molecule has 6 nitrogen and oxygen atoms in total. The molecule has 0 radical (unpaired) electrons. The average molecular weight is 406 g/mol. The number of carbonyl (C=O) groups is 1. The Balaban J connectivity index is 1.91. The van der Waals surface area contributed by atoms with Crippen LogP contribution in [0, 0.1) is 0 Å². The first-order valence-electron chi connectivity index (χ1n) is 9.24. The highest BCUT2D eigenvalue weighted by atomic mass is 35.5. The molecule has 0 bridgehead atoms. The third-order valence-electron chi connectivity index (χ3n) is 4.33. The maximum absolute atomic E-state index is 12.9. The quantitative estimate of drug-likeness (QED) is 0.721. The van der Waals surface area contributed by atoms with E-state index in [0.29, 0.717) is 46.7 Å². The van der Waals surface area contributed by atoms with Crippen LogP contribution in [-0.2, 0) is 6.42 Å². The minimum atomic E-state index is -0.338. The van der Waals surface area contributed by atoms with Crippen molar-refractivity contribution in [2.45, 2.75) is 33.3 Å². The topological polar surface area (TPSA) is 66.0 Å². The van der Waals surface area contributed by atoms with Gasteiger partial charge in [-0.3, -0.25) is 4.79 Å². The highest BCUT2D eigenvalue weighted by molar-refractivity contribution is 6.32. The molecule has 1 unspecified atom stereocenters. The lowest BCUT2D eigenvalue weighted by Gasteiger charge is -2.15. The number of benzene rings is 2. The predicted molar refractivity (Wildman–Crippen MR) is 109 cm³/mol. The van der Waals surface area contributed by atoms with Crippen LogP contribution in [0.3, 0.4) is 0 Å². The van der Waals surface area contributed by atoms with Gasteiger partial charge >= 0.3 is 0 Å². The van der Waals surface area contributed by atoms with Gasteiger partial charge in [-0.15, -0.1) is 0 Å². The highest BCUT2D eigenvalue weighted by Gasteiger charge is 2.23. The fourth-order valence-electron chi connectivity index (χ4n) is 3.14. The maximum atomic E-state index is 12.9. The molecule has 1 heterocycles. The van der Waals surface area contributed by atoms with E-state index in [9.17, 15) is 4.79 Å². The van der Waals surface area contributed by atoms with E-state index in [1.165, 1.54) is 7.11 Å². The van der Waals surface area contributed by atoms with Gasteiger partial charge in [0.1, 0.15) is 17.6 Å². The van der Waals surface area contributed by atoms with Gasteiger partial charge in [0.25, 0.3) is 5.91 Å². The maximum Gasteiger partial charge on any atom is 0.255 e. The molecule has 0 aromatic heterocycles. The van der Waals surface area contributed by atoms with Gasteiger partial charge in [-0.2, -0.15) is 0 Å². The zero-order valence-corrected chi connectivity index (χ0v) is 17.2. The Morgan fingerprint density at radius 2 is 1.93 bits per heavy atom. The van der Waals surface area contributed by atoms with Crippen molar-refractivity contribution in [1.82, 2.24) is 0 Å². The molecule has 0 aliphatic carbocycles. The molecule has 0 saturated heterocycles. The molecule has 1 aliphatic rings. The Morgan fingerprint density at radius 3 is 2.61 bits per heavy atom. The van der Waals surface area contributed by atoms with Crippen LogP contribution in [0.2, 0.25) is 5.02 Å². The summed E-state index contributed by atoms with van der Waals surface area (Å²) < 4.78 is 22.3. The van der Waals surface area contributed by atoms with E-state index in [0.717, 1.165) is 17.7 Å². The summed E-state index contributed by atoms with van der Waals surface area (Å²) in [7, 11) is 1.50. The SMILES string of the molecule is CCOc1cc2c(cc1NC(=O)c1cc(Cl)c(OCC)c(OC)c1)OC(C)C2. The molecule has 0 fully saturated rings. The van der Waals surface area contributed by atoms with E-state index >= 15 is 0 Å². The number of amides is 1. The van der Waals surface area contributed by atoms with Gasteiger partial charge in [-0.1, -0.05) is 11.6 Å². The molecular formula is C21H24ClNO5. The molecule has 0 spiro atoms. The number of anilines is 1. The summed E-state index contributed by atoms with van der Waals surface area (Å²) >= 11 is 6.28. The number of carbonyl (C=O) groups excluding carboxylic acids is 1. The summed E-state index contributed by atoms with van der Waals surface area (Å²) in [5.41, 5.74) is 1.96. The monoisotopic (exact) mass is 405 g/mol. The third-order valence-corrected chi connectivity index (χ3v) is 4.61. The van der Waals surface area contributed by atoms with Crippen molar-refractivity contribution in [3.05, 3.63) is 40.4 Å². The van der Waals surface area contributed by atoms with Gasteiger partial charge in [0.15, 0.2) is 11.5 Å². The Morgan fingerprint density at radius 1 is 1.18 bits per heavy atom. The van der Waals surface area contributed by atoms with E-state index in [-0.39, 0.29) is 12.0 Å².